The lowest BCUT2D eigenvalue weighted by Gasteiger charge is -2.14. The molecule has 5 nitrogen and oxygen atoms in total. The monoisotopic (exact) mass is 723 g/mol. The molecule has 0 saturated heterocycles. The summed E-state index contributed by atoms with van der Waals surface area (Å²) in [6, 6.07) is 37.6. The molecule has 0 spiro atoms. The van der Waals surface area contributed by atoms with Gasteiger partial charge >= 0.3 is 0 Å². The summed E-state index contributed by atoms with van der Waals surface area (Å²) >= 11 is 0. The van der Waals surface area contributed by atoms with E-state index in [1.54, 1.807) is 4.57 Å². The maximum Gasteiger partial charge on any atom is 0.238 e. The van der Waals surface area contributed by atoms with Gasteiger partial charge < -0.3 is 4.57 Å². The Bertz CT molecular complexity index is 3960. The summed E-state index contributed by atoms with van der Waals surface area (Å²) < 4.78 is 90.0. The van der Waals surface area contributed by atoms with Crippen molar-refractivity contribution in [3.05, 3.63) is 188 Å². The summed E-state index contributed by atoms with van der Waals surface area (Å²) in [5.41, 5.74) is 3.41. The third-order valence-corrected chi connectivity index (χ3v) is 10.7. The van der Waals surface area contributed by atoms with Crippen LogP contribution in [-0.2, 0) is 0 Å². The first-order valence-electron chi connectivity index (χ1n) is 23.1. The fraction of sp³-hybridized carbons (Fsp3) is 0. The van der Waals surface area contributed by atoms with Gasteiger partial charge in [-0.3, -0.25) is 4.57 Å². The maximum atomic E-state index is 8.88. The van der Waals surface area contributed by atoms with Gasteiger partial charge in [0.25, 0.3) is 0 Å². The molecule has 5 heteroatoms. The predicted molar refractivity (Wildman–Crippen MR) is 232 cm³/mol. The zero-order chi connectivity index (χ0) is 45.4. The highest BCUT2D eigenvalue weighted by Crippen LogP contribution is 2.41. The molecule has 3 heterocycles. The average Bonchev–Trinajstić information content (AvgIpc) is 3.85. The molecule has 0 aliphatic heterocycles. The van der Waals surface area contributed by atoms with Crippen molar-refractivity contribution < 1.29 is 13.7 Å². The van der Waals surface area contributed by atoms with Crippen LogP contribution in [-0.4, -0.2) is 24.1 Å². The highest BCUT2D eigenvalue weighted by atomic mass is 15.2. The predicted octanol–water partition coefficient (Wildman–Crippen LogP) is 12.9. The molecular weight excluding hydrogens is 683 g/mol. The van der Waals surface area contributed by atoms with Gasteiger partial charge in [-0.25, -0.2) is 4.98 Å². The van der Waals surface area contributed by atoms with Crippen LogP contribution in [0.1, 0.15) is 13.7 Å². The summed E-state index contributed by atoms with van der Waals surface area (Å²) in [7, 11) is 0. The number of hydrogen-bond donors (Lipinski definition) is 0. The first-order chi connectivity index (χ1) is 31.9. The van der Waals surface area contributed by atoms with Gasteiger partial charge in [0.1, 0.15) is 0 Å². The Labute approximate surface area is 335 Å². The van der Waals surface area contributed by atoms with E-state index in [4.69, 9.17) is 23.7 Å². The van der Waals surface area contributed by atoms with Gasteiger partial charge in [-0.05, 0) is 68.7 Å². The molecule has 0 unspecified atom stereocenters. The quantitative estimate of drug-likeness (QED) is 0.170. The van der Waals surface area contributed by atoms with Crippen LogP contribution in [0, 0.1) is 0 Å². The van der Waals surface area contributed by atoms with Crippen molar-refractivity contribution in [2.75, 3.05) is 0 Å². The number of rotatable bonds is 4. The van der Waals surface area contributed by atoms with E-state index in [9.17, 15) is 0 Å². The van der Waals surface area contributed by atoms with Gasteiger partial charge in [-0.15, -0.1) is 0 Å². The van der Waals surface area contributed by atoms with Gasteiger partial charge in [0.05, 0.1) is 35.8 Å². The number of para-hydroxylation sites is 2. The lowest BCUT2D eigenvalue weighted by atomic mass is 9.94. The first kappa shape index (κ1) is 22.6. The van der Waals surface area contributed by atoms with Crippen LogP contribution in [0.25, 0.3) is 110 Å². The summed E-state index contributed by atoms with van der Waals surface area (Å²) in [5, 5.41) is 10.6. The summed E-state index contributed by atoms with van der Waals surface area (Å²) in [6.07, 6.45) is 0. The fourth-order valence-corrected chi connectivity index (χ4v) is 8.37. The summed E-state index contributed by atoms with van der Waals surface area (Å²) in [6.45, 7) is 0. The Morgan fingerprint density at radius 1 is 0.339 bits per heavy atom. The zero-order valence-electron chi connectivity index (χ0n) is 39.4. The molecule has 12 aromatic rings. The van der Waals surface area contributed by atoms with E-state index in [0.717, 1.165) is 65.2 Å². The number of aromatic nitrogens is 5. The van der Waals surface area contributed by atoms with Crippen molar-refractivity contribution >= 4 is 75.9 Å². The SMILES string of the molecule is [2H]c1c([2H])c([2H])c(-c2nc(-c3c([2H])c([2H])c([2H])c([2H])c3[2H])nc(-n3c4ccccc4c4cc5c6ccccc6n(-c6ccc7c8ccccc8c8ccccc8c7c6)c5cc43)n2)c([2H])c1[2H]. The van der Waals surface area contributed by atoms with Crippen LogP contribution in [0.2, 0.25) is 0 Å². The van der Waals surface area contributed by atoms with Crippen molar-refractivity contribution in [3.8, 4) is 34.4 Å². The lowest BCUT2D eigenvalue weighted by molar-refractivity contribution is 0.953. The third kappa shape index (κ3) is 4.52. The highest BCUT2D eigenvalue weighted by Gasteiger charge is 2.21. The Balaban J connectivity index is 1.20. The Morgan fingerprint density at radius 2 is 0.786 bits per heavy atom. The second-order valence-corrected chi connectivity index (χ2v) is 13.7. The van der Waals surface area contributed by atoms with Crippen molar-refractivity contribution in [3.63, 3.8) is 0 Å². The van der Waals surface area contributed by atoms with E-state index in [1.165, 1.54) is 5.39 Å². The van der Waals surface area contributed by atoms with E-state index < -0.39 is 60.4 Å². The molecule has 0 amide bonds. The Hall–Kier alpha value is -7.63. The highest BCUT2D eigenvalue weighted by molar-refractivity contribution is 6.26. The maximum absolute atomic E-state index is 8.88. The third-order valence-electron chi connectivity index (χ3n) is 10.7. The van der Waals surface area contributed by atoms with Crippen LogP contribution >= 0.6 is 0 Å². The molecular formula is C51H31N5. The molecule has 3 aromatic heterocycles. The van der Waals surface area contributed by atoms with Crippen molar-refractivity contribution in [1.29, 1.82) is 0 Å². The van der Waals surface area contributed by atoms with Crippen LogP contribution in [0.15, 0.2) is 188 Å². The van der Waals surface area contributed by atoms with Crippen LogP contribution in [0.4, 0.5) is 0 Å². The molecule has 12 rings (SSSR count). The van der Waals surface area contributed by atoms with Gasteiger partial charge in [-0.2, -0.15) is 9.97 Å². The van der Waals surface area contributed by atoms with Crippen molar-refractivity contribution in [2.24, 2.45) is 0 Å². The van der Waals surface area contributed by atoms with Crippen LogP contribution in [0.5, 0.6) is 0 Å². The molecule has 0 saturated carbocycles. The number of fused-ring (bicyclic) bond motifs is 12. The fourth-order valence-electron chi connectivity index (χ4n) is 8.37. The number of nitrogens with zero attached hydrogens (tertiary/aromatic N) is 5. The molecule has 0 bridgehead atoms. The standard InChI is InChI=1S/C51H31N5/c1-3-15-32(16-4-1)49-52-50(33-17-5-2-6-18-33)54-51(53-49)56-46-26-14-12-24-41(46)44-30-43-40-23-11-13-25-45(40)55(47(43)31-48(44)56)34-27-28-39-37-21-8-7-19-35(37)36-20-9-10-22-38(36)42(39)29-34/h1-31H/i1D,2D,3D,4D,5D,6D,15D,16D,17D,18D. The molecule has 0 atom stereocenters. The minimum atomic E-state index is -0.612. The molecule has 9 aromatic carbocycles. The summed E-state index contributed by atoms with van der Waals surface area (Å²) in [5.74, 6) is -0.738. The van der Waals surface area contributed by atoms with Crippen molar-refractivity contribution in [1.82, 2.24) is 24.1 Å². The minimum absolute atomic E-state index is 0.0640. The topological polar surface area (TPSA) is 48.5 Å². The second kappa shape index (κ2) is 11.9. The summed E-state index contributed by atoms with van der Waals surface area (Å²) in [4.78, 5) is 14.2. The Kier molecular flexibility index (Phi) is 4.81. The van der Waals surface area contributed by atoms with Crippen LogP contribution < -0.4 is 0 Å². The van der Waals surface area contributed by atoms with Gasteiger partial charge in [0.15, 0.2) is 11.6 Å². The van der Waals surface area contributed by atoms with Gasteiger partial charge in [0, 0.05) is 38.4 Å². The molecule has 56 heavy (non-hydrogen) atoms. The molecule has 260 valence electrons. The number of benzene rings is 9. The Morgan fingerprint density at radius 3 is 1.34 bits per heavy atom. The van der Waals surface area contributed by atoms with E-state index in [2.05, 4.69) is 101 Å². The van der Waals surface area contributed by atoms with Gasteiger partial charge in [-0.1, -0.05) is 151 Å². The molecule has 0 aliphatic carbocycles. The molecule has 0 fully saturated rings. The minimum Gasteiger partial charge on any atom is -0.309 e. The first-order valence-corrected chi connectivity index (χ1v) is 18.1. The van der Waals surface area contributed by atoms with Crippen LogP contribution in [0.3, 0.4) is 0 Å². The number of hydrogen-bond acceptors (Lipinski definition) is 3. The van der Waals surface area contributed by atoms with E-state index in [-0.39, 0.29) is 28.7 Å². The van der Waals surface area contributed by atoms with E-state index >= 15 is 0 Å². The van der Waals surface area contributed by atoms with Crippen molar-refractivity contribution in [2.45, 2.75) is 0 Å². The molecule has 0 aliphatic rings. The lowest BCUT2D eigenvalue weighted by Crippen LogP contribution is -2.06. The van der Waals surface area contributed by atoms with E-state index in [1.807, 2.05) is 36.4 Å². The smallest absolute Gasteiger partial charge is 0.238 e. The zero-order valence-corrected chi connectivity index (χ0v) is 29.4. The van der Waals surface area contributed by atoms with E-state index in [0.29, 0.717) is 11.0 Å². The largest absolute Gasteiger partial charge is 0.309 e. The van der Waals surface area contributed by atoms with Gasteiger partial charge in [0.2, 0.25) is 5.95 Å². The molecule has 0 radical (unpaired) electrons. The molecule has 0 N–H and O–H groups in total. The normalized spacial score (nSPS) is 14.4. The average molecular weight is 724 g/mol. The second-order valence-electron chi connectivity index (χ2n) is 13.7.